The van der Waals surface area contributed by atoms with Gasteiger partial charge in [0.1, 0.15) is 35.7 Å². The molecule has 4 aromatic carbocycles. The number of hydrogen-bond donors (Lipinski definition) is 1. The van der Waals surface area contributed by atoms with E-state index in [-0.39, 0.29) is 13.2 Å². The van der Waals surface area contributed by atoms with Crippen LogP contribution in [0.25, 0.3) is 22.2 Å². The number of ether oxygens (including phenoxy) is 2. The lowest BCUT2D eigenvalue weighted by Gasteiger charge is -2.16. The van der Waals surface area contributed by atoms with Crippen LogP contribution >= 0.6 is 27.5 Å². The molecule has 1 heterocycles. The maximum atomic E-state index is 11.0. The van der Waals surface area contributed by atoms with Crippen molar-refractivity contribution in [2.75, 3.05) is 0 Å². The van der Waals surface area contributed by atoms with E-state index < -0.39 is 5.97 Å². The van der Waals surface area contributed by atoms with Crippen molar-refractivity contribution in [2.45, 2.75) is 19.6 Å². The van der Waals surface area contributed by atoms with Crippen molar-refractivity contribution in [3.8, 4) is 22.6 Å². The fourth-order valence-electron chi connectivity index (χ4n) is 4.03. The van der Waals surface area contributed by atoms with E-state index in [1.165, 1.54) is 0 Å². The third-order valence-corrected chi connectivity index (χ3v) is 7.20. The summed E-state index contributed by atoms with van der Waals surface area (Å²) in [7, 11) is 0. The van der Waals surface area contributed by atoms with E-state index >= 15 is 0 Å². The van der Waals surface area contributed by atoms with Gasteiger partial charge >= 0.3 is 5.97 Å². The monoisotopic (exact) mass is 604 g/mol. The van der Waals surface area contributed by atoms with E-state index in [1.54, 1.807) is 24.3 Å². The molecular formula is C30H22BrClN2O5. The molecule has 5 rings (SSSR count). The number of carbonyl (C=O) groups is 1. The van der Waals surface area contributed by atoms with E-state index in [0.717, 1.165) is 38.4 Å². The van der Waals surface area contributed by atoms with Crippen LogP contribution < -0.4 is 9.47 Å². The summed E-state index contributed by atoms with van der Waals surface area (Å²) >= 11 is 10.3. The Hall–Kier alpha value is -4.14. The normalized spacial score (nSPS) is 11.2. The molecule has 7 nitrogen and oxygen atoms in total. The number of aliphatic carboxylic acids is 1. The molecule has 0 atom stereocenters. The molecule has 39 heavy (non-hydrogen) atoms. The van der Waals surface area contributed by atoms with Gasteiger partial charge in [0.2, 0.25) is 0 Å². The molecule has 0 aliphatic heterocycles. The molecule has 0 saturated heterocycles. The van der Waals surface area contributed by atoms with Crippen molar-refractivity contribution < 1.29 is 24.0 Å². The smallest absolute Gasteiger partial charge is 0.327 e. The highest BCUT2D eigenvalue weighted by Gasteiger charge is 2.14. The highest BCUT2D eigenvalue weighted by Crippen LogP contribution is 2.36. The number of aromatic nitrogens is 2. The average Bonchev–Trinajstić information content (AvgIpc) is 3.41. The molecule has 1 aromatic heterocycles. The van der Waals surface area contributed by atoms with E-state index in [0.29, 0.717) is 34.0 Å². The van der Waals surface area contributed by atoms with Crippen LogP contribution in [0.2, 0.25) is 5.02 Å². The molecule has 9 heteroatoms. The predicted molar refractivity (Wildman–Crippen MR) is 152 cm³/mol. The first-order chi connectivity index (χ1) is 19.0. The van der Waals surface area contributed by atoms with Gasteiger partial charge in [-0.15, -0.1) is 0 Å². The van der Waals surface area contributed by atoms with Gasteiger partial charge in [0.05, 0.1) is 5.02 Å². The Balaban J connectivity index is 1.38. The van der Waals surface area contributed by atoms with Crippen LogP contribution in [-0.2, 0) is 24.4 Å². The number of hydrogen-bond acceptors (Lipinski definition) is 6. The number of carboxylic acids is 1. The van der Waals surface area contributed by atoms with Gasteiger partial charge in [-0.3, -0.25) is 0 Å². The van der Waals surface area contributed by atoms with Gasteiger partial charge in [0, 0.05) is 22.2 Å². The van der Waals surface area contributed by atoms with Crippen molar-refractivity contribution in [1.29, 1.82) is 0 Å². The number of rotatable bonds is 10. The van der Waals surface area contributed by atoms with Crippen molar-refractivity contribution in [1.82, 2.24) is 10.3 Å². The van der Waals surface area contributed by atoms with Gasteiger partial charge in [-0.05, 0) is 73.1 Å². The summed E-state index contributed by atoms with van der Waals surface area (Å²) in [6, 6.07) is 25.1. The largest absolute Gasteiger partial charge is 0.488 e. The Labute approximate surface area is 237 Å². The molecule has 0 radical (unpaired) electrons. The lowest BCUT2D eigenvalue weighted by Crippen LogP contribution is -2.02. The van der Waals surface area contributed by atoms with Gasteiger partial charge in [-0.2, -0.15) is 0 Å². The first kappa shape index (κ1) is 26.5. The number of fused-ring (bicyclic) bond motifs is 1. The summed E-state index contributed by atoms with van der Waals surface area (Å²) in [4.78, 5) is 11.0. The molecular weight excluding hydrogens is 584 g/mol. The van der Waals surface area contributed by atoms with Crippen molar-refractivity contribution in [2.24, 2.45) is 0 Å². The number of nitrogens with zero attached hydrogens (tertiary/aromatic N) is 2. The Bertz CT molecular complexity index is 1650. The molecule has 0 bridgehead atoms. The standard InChI is InChI=1S/C30H22BrClN2O5/c31-30-22(9-4-10-23(30)20-6-2-1-3-7-20)18-38-28-16-27(21(15-24(28)32)8-5-11-29(35)36)37-17-19-12-13-25-26(14-19)34-39-33-25/h1-7,9-16H,8,17-18H2,(H,35,36)/b11-5+. The topological polar surface area (TPSA) is 94.7 Å². The maximum Gasteiger partial charge on any atom is 0.327 e. The molecule has 0 unspecified atom stereocenters. The highest BCUT2D eigenvalue weighted by atomic mass is 79.9. The van der Waals surface area contributed by atoms with Crippen LogP contribution in [0.3, 0.4) is 0 Å². The number of allylic oxidation sites excluding steroid dienone is 1. The molecule has 1 N–H and O–H groups in total. The second-order valence-corrected chi connectivity index (χ2v) is 9.84. The lowest BCUT2D eigenvalue weighted by molar-refractivity contribution is -0.131. The van der Waals surface area contributed by atoms with Gasteiger partial charge in [0.25, 0.3) is 0 Å². The molecule has 0 aliphatic rings. The summed E-state index contributed by atoms with van der Waals surface area (Å²) in [6.45, 7) is 0.513. The highest BCUT2D eigenvalue weighted by molar-refractivity contribution is 9.10. The first-order valence-electron chi connectivity index (χ1n) is 12.0. The molecule has 5 aromatic rings. The third-order valence-electron chi connectivity index (χ3n) is 5.97. The fourth-order valence-corrected chi connectivity index (χ4v) is 4.88. The summed E-state index contributed by atoms with van der Waals surface area (Å²) in [5, 5.41) is 17.1. The van der Waals surface area contributed by atoms with Gasteiger partial charge < -0.3 is 14.6 Å². The van der Waals surface area contributed by atoms with Crippen LogP contribution in [0.15, 0.2) is 100 Å². The van der Waals surface area contributed by atoms with Crippen LogP contribution in [0.4, 0.5) is 0 Å². The van der Waals surface area contributed by atoms with E-state index in [9.17, 15) is 4.79 Å². The number of benzene rings is 4. The first-order valence-corrected chi connectivity index (χ1v) is 13.2. The van der Waals surface area contributed by atoms with Crippen LogP contribution in [0.5, 0.6) is 11.5 Å². The Morgan fingerprint density at radius 3 is 2.51 bits per heavy atom. The fraction of sp³-hybridized carbons (Fsp3) is 0.100. The second kappa shape index (κ2) is 12.1. The van der Waals surface area contributed by atoms with Crippen LogP contribution in [0.1, 0.15) is 16.7 Å². The zero-order chi connectivity index (χ0) is 27.2. The van der Waals surface area contributed by atoms with E-state index in [2.05, 4.69) is 38.4 Å². The van der Waals surface area contributed by atoms with Crippen molar-refractivity contribution in [3.05, 3.63) is 117 Å². The molecule has 0 saturated carbocycles. The number of halogens is 2. The molecule has 0 fully saturated rings. The predicted octanol–water partition coefficient (Wildman–Crippen LogP) is 7.65. The Kier molecular flexibility index (Phi) is 8.24. The Morgan fingerprint density at radius 2 is 1.69 bits per heavy atom. The number of carboxylic acid groups (broad SMARTS) is 1. The molecule has 196 valence electrons. The summed E-state index contributed by atoms with van der Waals surface area (Å²) < 4.78 is 18.0. The SMILES string of the molecule is O=C(O)/C=C/Cc1cc(Cl)c(OCc2cccc(-c3ccccc3)c2Br)cc1OCc1ccc2nonc2c1. The Morgan fingerprint density at radius 1 is 0.897 bits per heavy atom. The van der Waals surface area contributed by atoms with Gasteiger partial charge in [0.15, 0.2) is 0 Å². The zero-order valence-corrected chi connectivity index (χ0v) is 22.9. The van der Waals surface area contributed by atoms with Crippen molar-refractivity contribution >= 4 is 44.5 Å². The lowest BCUT2D eigenvalue weighted by atomic mass is 10.0. The minimum absolute atomic E-state index is 0.240. The van der Waals surface area contributed by atoms with E-state index in [1.807, 2.05) is 48.5 Å². The maximum absolute atomic E-state index is 11.0. The zero-order valence-electron chi connectivity index (χ0n) is 20.5. The summed E-state index contributed by atoms with van der Waals surface area (Å²) in [5.74, 6) is -0.0490. The quantitative estimate of drug-likeness (QED) is 0.163. The minimum Gasteiger partial charge on any atom is -0.488 e. The molecule has 0 aliphatic carbocycles. The van der Waals surface area contributed by atoms with Crippen molar-refractivity contribution in [3.63, 3.8) is 0 Å². The average molecular weight is 606 g/mol. The minimum atomic E-state index is -1.03. The second-order valence-electron chi connectivity index (χ2n) is 8.64. The van der Waals surface area contributed by atoms with Gasteiger partial charge in [-0.25, -0.2) is 9.42 Å². The van der Waals surface area contributed by atoms with Gasteiger partial charge in [-0.1, -0.05) is 72.3 Å². The van der Waals surface area contributed by atoms with Crippen LogP contribution in [-0.4, -0.2) is 21.4 Å². The summed E-state index contributed by atoms with van der Waals surface area (Å²) in [5.41, 5.74) is 5.99. The molecule has 0 spiro atoms. The third kappa shape index (κ3) is 6.47. The van der Waals surface area contributed by atoms with E-state index in [4.69, 9.17) is 30.8 Å². The van der Waals surface area contributed by atoms with Crippen LogP contribution in [0, 0.1) is 0 Å². The molecule has 0 amide bonds. The summed E-state index contributed by atoms with van der Waals surface area (Å²) in [6.07, 6.45) is 2.95.